The molecule has 150 valence electrons. The van der Waals surface area contributed by atoms with E-state index in [1.807, 2.05) is 50.2 Å². The lowest BCUT2D eigenvalue weighted by Gasteiger charge is -2.31. The Morgan fingerprint density at radius 1 is 0.833 bits per heavy atom. The summed E-state index contributed by atoms with van der Waals surface area (Å²) in [6.07, 6.45) is 0. The summed E-state index contributed by atoms with van der Waals surface area (Å²) >= 11 is 0. The zero-order valence-corrected chi connectivity index (χ0v) is 17.3. The molecule has 2 heterocycles. The number of ketones is 1. The van der Waals surface area contributed by atoms with Gasteiger partial charge in [0.05, 0.1) is 17.2 Å². The van der Waals surface area contributed by atoms with Gasteiger partial charge in [-0.05, 0) is 30.5 Å². The second kappa shape index (κ2) is 6.23. The van der Waals surface area contributed by atoms with E-state index < -0.39 is 23.1 Å². The second-order valence-electron chi connectivity index (χ2n) is 8.09. The highest BCUT2D eigenvalue weighted by atomic mass is 16.2. The van der Waals surface area contributed by atoms with E-state index in [1.165, 1.54) is 11.6 Å². The van der Waals surface area contributed by atoms with Gasteiger partial charge in [0.25, 0.3) is 5.56 Å². The van der Waals surface area contributed by atoms with Crippen molar-refractivity contribution in [2.24, 2.45) is 25.0 Å². The predicted octanol–water partition coefficient (Wildman–Crippen LogP) is 2.78. The molecule has 1 aliphatic carbocycles. The number of benzene rings is 2. The fourth-order valence-corrected chi connectivity index (χ4v) is 4.81. The van der Waals surface area contributed by atoms with Crippen LogP contribution in [0.25, 0.3) is 0 Å². The molecule has 3 aromatic rings. The van der Waals surface area contributed by atoms with Crippen molar-refractivity contribution in [3.63, 3.8) is 0 Å². The van der Waals surface area contributed by atoms with Crippen molar-refractivity contribution in [1.82, 2.24) is 9.13 Å². The largest absolute Gasteiger partial charge is 0.332 e. The van der Waals surface area contributed by atoms with Crippen LogP contribution >= 0.6 is 0 Å². The Morgan fingerprint density at radius 3 is 2.27 bits per heavy atom. The number of carbonyl (C=O) groups is 1. The SMILES string of the molecule is Cc1cccc([C@H]2c3c(n(C)c(=O)n(C)c3=O)N=C3c4ccccc4C(=O)[C@@H]32)c1C. The summed E-state index contributed by atoms with van der Waals surface area (Å²) in [6.45, 7) is 4.02. The summed E-state index contributed by atoms with van der Waals surface area (Å²) in [6, 6.07) is 13.3. The van der Waals surface area contributed by atoms with Crippen LogP contribution in [0.1, 0.15) is 44.1 Å². The zero-order valence-electron chi connectivity index (χ0n) is 17.3. The molecule has 2 aliphatic rings. The highest BCUT2D eigenvalue weighted by Gasteiger charge is 2.48. The number of aromatic nitrogens is 2. The van der Waals surface area contributed by atoms with E-state index in [9.17, 15) is 14.4 Å². The van der Waals surface area contributed by atoms with E-state index in [2.05, 4.69) is 0 Å². The Kier molecular flexibility index (Phi) is 3.84. The molecule has 1 aromatic heterocycles. The Morgan fingerprint density at radius 2 is 1.53 bits per heavy atom. The van der Waals surface area contributed by atoms with Gasteiger partial charge in [0.15, 0.2) is 5.78 Å². The second-order valence-corrected chi connectivity index (χ2v) is 8.09. The minimum absolute atomic E-state index is 0.0307. The quantitative estimate of drug-likeness (QED) is 0.632. The van der Waals surface area contributed by atoms with Gasteiger partial charge in [-0.15, -0.1) is 0 Å². The lowest BCUT2D eigenvalue weighted by Crippen LogP contribution is -2.43. The van der Waals surface area contributed by atoms with Gasteiger partial charge in [0.2, 0.25) is 0 Å². The maximum atomic E-state index is 13.5. The average Bonchev–Trinajstić information content (AvgIpc) is 3.04. The van der Waals surface area contributed by atoms with Gasteiger partial charge in [-0.1, -0.05) is 42.5 Å². The van der Waals surface area contributed by atoms with Crippen molar-refractivity contribution in [1.29, 1.82) is 0 Å². The van der Waals surface area contributed by atoms with Gasteiger partial charge in [0.1, 0.15) is 5.82 Å². The third kappa shape index (κ3) is 2.24. The molecule has 2 atom stereocenters. The van der Waals surface area contributed by atoms with Crippen molar-refractivity contribution in [2.75, 3.05) is 0 Å². The van der Waals surface area contributed by atoms with E-state index in [1.54, 1.807) is 13.1 Å². The van der Waals surface area contributed by atoms with Crippen molar-refractivity contribution < 1.29 is 4.79 Å². The Balaban J connectivity index is 1.94. The van der Waals surface area contributed by atoms with Crippen molar-refractivity contribution in [3.8, 4) is 0 Å². The van der Waals surface area contributed by atoms with Crippen molar-refractivity contribution >= 4 is 17.3 Å². The fraction of sp³-hybridized carbons (Fsp3) is 0.250. The zero-order chi connectivity index (χ0) is 21.3. The minimum atomic E-state index is -0.583. The van der Waals surface area contributed by atoms with E-state index >= 15 is 0 Å². The predicted molar refractivity (Wildman–Crippen MR) is 115 cm³/mol. The smallest absolute Gasteiger partial charge is 0.293 e. The van der Waals surface area contributed by atoms with Crippen LogP contribution in [0, 0.1) is 19.8 Å². The molecule has 6 nitrogen and oxygen atoms in total. The first-order chi connectivity index (χ1) is 14.3. The molecule has 0 saturated carbocycles. The molecular weight excluding hydrogens is 378 g/mol. The lowest BCUT2D eigenvalue weighted by molar-refractivity contribution is 0.0953. The molecule has 30 heavy (non-hydrogen) atoms. The number of hydrogen-bond donors (Lipinski definition) is 0. The standard InChI is InChI=1S/C24H21N3O3/c1-12-8-7-11-14(13(12)2)17-18-20(15-9-5-6-10-16(15)21(18)28)25-22-19(17)23(29)27(4)24(30)26(22)3/h5-11,17-18H,1-4H3/t17-,18-/m1/s1. The third-order valence-electron chi connectivity index (χ3n) is 6.57. The summed E-state index contributed by atoms with van der Waals surface area (Å²) in [5.41, 5.74) is 4.65. The normalized spacial score (nSPS) is 19.2. The van der Waals surface area contributed by atoms with Gasteiger partial charge in [-0.3, -0.25) is 18.7 Å². The topological polar surface area (TPSA) is 73.4 Å². The van der Waals surface area contributed by atoms with Crippen LogP contribution in [0.5, 0.6) is 0 Å². The summed E-state index contributed by atoms with van der Waals surface area (Å²) in [5, 5.41) is 0. The van der Waals surface area contributed by atoms with Crippen molar-refractivity contribution in [2.45, 2.75) is 19.8 Å². The molecule has 0 N–H and O–H groups in total. The molecule has 0 spiro atoms. The summed E-state index contributed by atoms with van der Waals surface area (Å²) in [7, 11) is 3.09. The molecule has 2 aromatic carbocycles. The van der Waals surface area contributed by atoms with Crippen LogP contribution < -0.4 is 11.2 Å². The van der Waals surface area contributed by atoms with Crippen LogP contribution in [0.4, 0.5) is 5.82 Å². The molecular formula is C24H21N3O3. The number of hydrogen-bond acceptors (Lipinski definition) is 4. The van der Waals surface area contributed by atoms with Gasteiger partial charge in [0, 0.05) is 31.1 Å². The monoisotopic (exact) mass is 399 g/mol. The minimum Gasteiger partial charge on any atom is -0.293 e. The van der Waals surface area contributed by atoms with Crippen LogP contribution in [0.15, 0.2) is 57.0 Å². The summed E-state index contributed by atoms with van der Waals surface area (Å²) in [5.74, 6) is -0.778. The van der Waals surface area contributed by atoms with E-state index in [4.69, 9.17) is 4.99 Å². The number of nitrogens with zero attached hydrogens (tertiary/aromatic N) is 3. The maximum absolute atomic E-state index is 13.5. The fourth-order valence-electron chi connectivity index (χ4n) is 4.81. The summed E-state index contributed by atoms with van der Waals surface area (Å²) in [4.78, 5) is 44.2. The van der Waals surface area contributed by atoms with Crippen LogP contribution in [-0.2, 0) is 14.1 Å². The molecule has 0 amide bonds. The highest BCUT2D eigenvalue weighted by Crippen LogP contribution is 2.47. The first-order valence-electron chi connectivity index (χ1n) is 9.91. The molecule has 0 radical (unpaired) electrons. The number of aliphatic imine (C=N–C) groups is 1. The third-order valence-corrected chi connectivity index (χ3v) is 6.57. The number of Topliss-reactive ketones (excluding diaryl/α,β-unsaturated/α-hetero) is 1. The van der Waals surface area contributed by atoms with Crippen molar-refractivity contribution in [3.05, 3.63) is 96.7 Å². The Labute approximate surface area is 173 Å². The van der Waals surface area contributed by atoms with E-state index in [-0.39, 0.29) is 5.78 Å². The van der Waals surface area contributed by atoms with Gasteiger partial charge in [-0.2, -0.15) is 0 Å². The van der Waals surface area contributed by atoms with Gasteiger partial charge >= 0.3 is 5.69 Å². The number of rotatable bonds is 1. The molecule has 0 saturated heterocycles. The number of carbonyl (C=O) groups excluding carboxylic acids is 1. The van der Waals surface area contributed by atoms with Crippen LogP contribution in [-0.4, -0.2) is 20.6 Å². The molecule has 5 rings (SSSR count). The number of aryl methyl sites for hydroxylation is 1. The molecule has 1 aliphatic heterocycles. The number of fused-ring (bicyclic) bond motifs is 4. The lowest BCUT2D eigenvalue weighted by atomic mass is 9.74. The highest BCUT2D eigenvalue weighted by molar-refractivity contribution is 6.30. The Bertz CT molecular complexity index is 1410. The average molecular weight is 399 g/mol. The van der Waals surface area contributed by atoms with Crippen LogP contribution in [0.2, 0.25) is 0 Å². The first kappa shape index (κ1) is 18.5. The molecule has 0 unspecified atom stereocenters. The van der Waals surface area contributed by atoms with Gasteiger partial charge in [-0.25, -0.2) is 9.79 Å². The molecule has 6 heteroatoms. The van der Waals surface area contributed by atoms with Gasteiger partial charge < -0.3 is 0 Å². The summed E-state index contributed by atoms with van der Waals surface area (Å²) < 4.78 is 2.51. The van der Waals surface area contributed by atoms with E-state index in [0.29, 0.717) is 22.7 Å². The first-order valence-corrected chi connectivity index (χ1v) is 9.91. The maximum Gasteiger partial charge on any atom is 0.332 e. The van der Waals surface area contributed by atoms with E-state index in [0.717, 1.165) is 26.8 Å². The van der Waals surface area contributed by atoms with Crippen LogP contribution in [0.3, 0.4) is 0 Å². The Hall–Kier alpha value is -3.54. The molecule has 0 bridgehead atoms. The molecule has 0 fully saturated rings.